The predicted octanol–water partition coefficient (Wildman–Crippen LogP) is 3.25. The van der Waals surface area contributed by atoms with Crippen LogP contribution < -0.4 is 0 Å². The second-order valence-electron chi connectivity index (χ2n) is 3.31. The van der Waals surface area contributed by atoms with Crippen LogP contribution in [0.2, 0.25) is 0 Å². The van der Waals surface area contributed by atoms with E-state index in [0.717, 1.165) is 16.0 Å². The first-order valence-corrected chi connectivity index (χ1v) is 5.26. The Hall–Kier alpha value is -1.09. The normalized spacial score (nSPS) is 10.5. The number of aromatic nitrogens is 2. The molecule has 1 aromatic carbocycles. The van der Waals surface area contributed by atoms with Crippen LogP contribution in [0.15, 0.2) is 34.9 Å². The summed E-state index contributed by atoms with van der Waals surface area (Å²) in [6.45, 7) is 4.13. The van der Waals surface area contributed by atoms with E-state index in [1.165, 1.54) is 5.56 Å². The number of para-hydroxylation sites is 1. The van der Waals surface area contributed by atoms with Gasteiger partial charge in [0.15, 0.2) is 0 Å². The molecule has 72 valence electrons. The van der Waals surface area contributed by atoms with Gasteiger partial charge in [-0.05, 0) is 47.5 Å². The zero-order chi connectivity index (χ0) is 10.1. The van der Waals surface area contributed by atoms with Crippen molar-refractivity contribution in [1.29, 1.82) is 0 Å². The highest BCUT2D eigenvalue weighted by molar-refractivity contribution is 9.10. The molecule has 0 atom stereocenters. The Balaban J connectivity index is 2.60. The summed E-state index contributed by atoms with van der Waals surface area (Å²) in [6.07, 6.45) is 0. The lowest BCUT2D eigenvalue weighted by Crippen LogP contribution is -2.00. The highest BCUT2D eigenvalue weighted by atomic mass is 79.9. The fourth-order valence-corrected chi connectivity index (χ4v) is 1.97. The highest BCUT2D eigenvalue weighted by Gasteiger charge is 2.05. The third-order valence-electron chi connectivity index (χ3n) is 2.20. The fourth-order valence-electron chi connectivity index (χ4n) is 1.48. The van der Waals surface area contributed by atoms with Gasteiger partial charge in [0.05, 0.1) is 5.69 Å². The first kappa shape index (κ1) is 9.46. The molecule has 1 aromatic heterocycles. The first-order chi connectivity index (χ1) is 6.68. The molecular weight excluding hydrogens is 240 g/mol. The Morgan fingerprint density at radius 1 is 1.21 bits per heavy atom. The van der Waals surface area contributed by atoms with Crippen LogP contribution in [-0.4, -0.2) is 9.78 Å². The molecular formula is C11H11BrN2. The van der Waals surface area contributed by atoms with Crippen molar-refractivity contribution in [1.82, 2.24) is 9.78 Å². The molecule has 0 radical (unpaired) electrons. The molecule has 2 aromatic rings. The minimum Gasteiger partial charge on any atom is -0.237 e. The zero-order valence-electron chi connectivity index (χ0n) is 8.16. The van der Waals surface area contributed by atoms with Crippen molar-refractivity contribution < 1.29 is 0 Å². The molecule has 0 amide bonds. The molecule has 2 nitrogen and oxygen atoms in total. The average Bonchev–Trinajstić information content (AvgIpc) is 2.46. The van der Waals surface area contributed by atoms with Gasteiger partial charge >= 0.3 is 0 Å². The van der Waals surface area contributed by atoms with Gasteiger partial charge < -0.3 is 0 Å². The summed E-state index contributed by atoms with van der Waals surface area (Å²) < 4.78 is 2.82. The van der Waals surface area contributed by atoms with Crippen molar-refractivity contribution in [2.75, 3.05) is 0 Å². The topological polar surface area (TPSA) is 17.8 Å². The number of rotatable bonds is 1. The van der Waals surface area contributed by atoms with Crippen molar-refractivity contribution in [3.05, 3.63) is 46.2 Å². The maximum Gasteiger partial charge on any atom is 0.128 e. The summed E-state index contributed by atoms with van der Waals surface area (Å²) in [5.74, 6) is 0. The van der Waals surface area contributed by atoms with Gasteiger partial charge in [-0.1, -0.05) is 18.2 Å². The molecule has 0 aliphatic rings. The number of halogens is 1. The molecule has 0 saturated heterocycles. The molecule has 0 aliphatic heterocycles. The van der Waals surface area contributed by atoms with E-state index in [0.29, 0.717) is 0 Å². The van der Waals surface area contributed by atoms with Gasteiger partial charge in [-0.2, -0.15) is 5.10 Å². The molecule has 14 heavy (non-hydrogen) atoms. The van der Waals surface area contributed by atoms with Crippen LogP contribution in [0.25, 0.3) is 5.69 Å². The van der Waals surface area contributed by atoms with Crippen LogP contribution in [-0.2, 0) is 0 Å². The second kappa shape index (κ2) is 3.58. The van der Waals surface area contributed by atoms with Gasteiger partial charge in [0.1, 0.15) is 4.60 Å². The quantitative estimate of drug-likeness (QED) is 0.760. The van der Waals surface area contributed by atoms with Crippen molar-refractivity contribution in [3.63, 3.8) is 0 Å². The Bertz CT molecular complexity index is 460. The predicted molar refractivity (Wildman–Crippen MR) is 60.7 cm³/mol. The second-order valence-corrected chi connectivity index (χ2v) is 4.12. The van der Waals surface area contributed by atoms with Gasteiger partial charge in [0.25, 0.3) is 0 Å². The van der Waals surface area contributed by atoms with E-state index in [-0.39, 0.29) is 0 Å². The third kappa shape index (κ3) is 1.60. The van der Waals surface area contributed by atoms with Gasteiger partial charge in [0.2, 0.25) is 0 Å². The first-order valence-electron chi connectivity index (χ1n) is 4.46. The van der Waals surface area contributed by atoms with Gasteiger partial charge in [0, 0.05) is 5.69 Å². The van der Waals surface area contributed by atoms with E-state index in [9.17, 15) is 0 Å². The average molecular weight is 251 g/mol. The smallest absolute Gasteiger partial charge is 0.128 e. The molecule has 0 spiro atoms. The highest BCUT2D eigenvalue weighted by Crippen LogP contribution is 2.18. The molecule has 0 saturated carbocycles. The van der Waals surface area contributed by atoms with Gasteiger partial charge in [-0.15, -0.1) is 0 Å². The maximum atomic E-state index is 4.37. The van der Waals surface area contributed by atoms with E-state index in [2.05, 4.69) is 40.1 Å². The molecule has 1 heterocycles. The third-order valence-corrected chi connectivity index (χ3v) is 2.59. The van der Waals surface area contributed by atoms with Crippen LogP contribution >= 0.6 is 15.9 Å². The maximum absolute atomic E-state index is 4.37. The van der Waals surface area contributed by atoms with Crippen LogP contribution in [0.1, 0.15) is 11.3 Å². The zero-order valence-corrected chi connectivity index (χ0v) is 9.75. The molecule has 0 unspecified atom stereocenters. The number of nitrogens with zero attached hydrogens (tertiary/aromatic N) is 2. The Labute approximate surface area is 91.7 Å². The lowest BCUT2D eigenvalue weighted by Gasteiger charge is -2.06. The van der Waals surface area contributed by atoms with Crippen LogP contribution in [0.3, 0.4) is 0 Å². The van der Waals surface area contributed by atoms with Gasteiger partial charge in [-0.3, -0.25) is 0 Å². The minimum atomic E-state index is 0.873. The van der Waals surface area contributed by atoms with Gasteiger partial charge in [-0.25, -0.2) is 4.68 Å². The van der Waals surface area contributed by atoms with E-state index in [4.69, 9.17) is 0 Å². The van der Waals surface area contributed by atoms with Crippen molar-refractivity contribution in [2.24, 2.45) is 0 Å². The molecule has 0 bridgehead atoms. The fraction of sp³-hybridized carbons (Fsp3) is 0.182. The van der Waals surface area contributed by atoms with Crippen LogP contribution in [0.4, 0.5) is 0 Å². The Morgan fingerprint density at radius 2 is 1.93 bits per heavy atom. The monoisotopic (exact) mass is 250 g/mol. The Kier molecular flexibility index (Phi) is 2.42. The summed E-state index contributed by atoms with van der Waals surface area (Å²) >= 11 is 3.37. The molecule has 0 fully saturated rings. The molecule has 0 N–H and O–H groups in total. The minimum absolute atomic E-state index is 0.873. The standard InChI is InChI=1S/C11H11BrN2/c1-8-5-3-4-6-10(8)14-9(2)7-11(12)13-14/h3-7H,1-2H3. The summed E-state index contributed by atoms with van der Waals surface area (Å²) in [5.41, 5.74) is 3.49. The van der Waals surface area contributed by atoms with Crippen LogP contribution in [0, 0.1) is 13.8 Å². The summed E-state index contributed by atoms with van der Waals surface area (Å²) in [7, 11) is 0. The van der Waals surface area contributed by atoms with Crippen molar-refractivity contribution in [3.8, 4) is 5.69 Å². The number of aryl methyl sites for hydroxylation is 2. The number of hydrogen-bond donors (Lipinski definition) is 0. The summed E-state index contributed by atoms with van der Waals surface area (Å²) in [4.78, 5) is 0. The lowest BCUT2D eigenvalue weighted by molar-refractivity contribution is 0.833. The molecule has 3 heteroatoms. The lowest BCUT2D eigenvalue weighted by atomic mass is 10.2. The Morgan fingerprint density at radius 3 is 2.50 bits per heavy atom. The number of hydrogen-bond acceptors (Lipinski definition) is 1. The molecule has 2 rings (SSSR count). The van der Waals surface area contributed by atoms with Crippen molar-refractivity contribution in [2.45, 2.75) is 13.8 Å². The van der Waals surface area contributed by atoms with E-state index in [1.54, 1.807) is 0 Å². The SMILES string of the molecule is Cc1ccccc1-n1nc(Br)cc1C. The summed E-state index contributed by atoms with van der Waals surface area (Å²) in [6, 6.07) is 10.2. The van der Waals surface area contributed by atoms with E-state index < -0.39 is 0 Å². The van der Waals surface area contributed by atoms with Crippen LogP contribution in [0.5, 0.6) is 0 Å². The largest absolute Gasteiger partial charge is 0.237 e. The summed E-state index contributed by atoms with van der Waals surface area (Å²) in [5, 5.41) is 4.37. The van der Waals surface area contributed by atoms with E-state index >= 15 is 0 Å². The van der Waals surface area contributed by atoms with Crippen molar-refractivity contribution >= 4 is 15.9 Å². The van der Waals surface area contributed by atoms with E-state index in [1.807, 2.05) is 29.8 Å². The number of benzene rings is 1. The molecule has 0 aliphatic carbocycles.